The van der Waals surface area contributed by atoms with Crippen LogP contribution >= 0.6 is 0 Å². The van der Waals surface area contributed by atoms with Gasteiger partial charge >= 0.3 is 0 Å². The third kappa shape index (κ3) is 2.27. The molecule has 0 radical (unpaired) electrons. The third-order valence-corrected chi connectivity index (χ3v) is 2.76. The maximum Gasteiger partial charge on any atom is 0.257 e. The summed E-state index contributed by atoms with van der Waals surface area (Å²) in [5, 5.41) is 12.0. The first-order valence-corrected chi connectivity index (χ1v) is 5.40. The standard InChI is InChI=1S/C12H12FN3O/c13-11-4-2-1-3-10(11)12(17)16-6-5-15-8-9(16)7-14/h1-4,9,15H,5-6,8H2. The molecular formula is C12H12FN3O. The second-order valence-corrected chi connectivity index (χ2v) is 3.83. The van der Waals surface area contributed by atoms with E-state index in [4.69, 9.17) is 5.26 Å². The molecule has 1 aromatic rings. The fourth-order valence-electron chi connectivity index (χ4n) is 1.85. The third-order valence-electron chi connectivity index (χ3n) is 2.76. The molecule has 0 bridgehead atoms. The summed E-state index contributed by atoms with van der Waals surface area (Å²) in [6.07, 6.45) is 0. The lowest BCUT2D eigenvalue weighted by Gasteiger charge is -2.32. The second-order valence-electron chi connectivity index (χ2n) is 3.83. The molecule has 5 heteroatoms. The van der Waals surface area contributed by atoms with E-state index in [9.17, 15) is 9.18 Å². The molecule has 1 unspecified atom stereocenters. The zero-order valence-electron chi connectivity index (χ0n) is 9.19. The SMILES string of the molecule is N#CC1CNCCN1C(=O)c1ccccc1F. The number of carbonyl (C=O) groups excluding carboxylic acids is 1. The van der Waals surface area contributed by atoms with Crippen LogP contribution in [0.2, 0.25) is 0 Å². The van der Waals surface area contributed by atoms with Crippen LogP contribution in [0.3, 0.4) is 0 Å². The van der Waals surface area contributed by atoms with Crippen LogP contribution in [0, 0.1) is 17.1 Å². The number of halogens is 1. The molecule has 0 saturated carbocycles. The van der Waals surface area contributed by atoms with Crippen LogP contribution in [0.15, 0.2) is 24.3 Å². The topological polar surface area (TPSA) is 56.1 Å². The van der Waals surface area contributed by atoms with Gasteiger partial charge in [-0.25, -0.2) is 4.39 Å². The quantitative estimate of drug-likeness (QED) is 0.779. The number of benzene rings is 1. The van der Waals surface area contributed by atoms with E-state index in [-0.39, 0.29) is 5.56 Å². The summed E-state index contributed by atoms with van der Waals surface area (Å²) >= 11 is 0. The first kappa shape index (κ1) is 11.6. The number of hydrogen-bond donors (Lipinski definition) is 1. The minimum Gasteiger partial charge on any atom is -0.320 e. The number of nitrogens with zero attached hydrogens (tertiary/aromatic N) is 2. The van der Waals surface area contributed by atoms with Crippen LogP contribution in [-0.4, -0.2) is 36.5 Å². The molecule has 17 heavy (non-hydrogen) atoms. The van der Waals surface area contributed by atoms with Crippen LogP contribution in [0.25, 0.3) is 0 Å². The Morgan fingerprint density at radius 3 is 3.00 bits per heavy atom. The van der Waals surface area contributed by atoms with Crippen molar-refractivity contribution >= 4 is 5.91 Å². The first-order chi connectivity index (χ1) is 8.24. The van der Waals surface area contributed by atoms with Crippen molar-refractivity contribution in [1.29, 1.82) is 5.26 Å². The zero-order valence-corrected chi connectivity index (χ0v) is 9.19. The highest BCUT2D eigenvalue weighted by Crippen LogP contribution is 2.13. The van der Waals surface area contributed by atoms with E-state index >= 15 is 0 Å². The lowest BCUT2D eigenvalue weighted by atomic mass is 10.1. The Kier molecular flexibility index (Phi) is 3.35. The summed E-state index contributed by atoms with van der Waals surface area (Å²) < 4.78 is 13.5. The largest absolute Gasteiger partial charge is 0.320 e. The summed E-state index contributed by atoms with van der Waals surface area (Å²) in [4.78, 5) is 13.5. The Bertz CT molecular complexity index is 469. The smallest absolute Gasteiger partial charge is 0.257 e. The minimum absolute atomic E-state index is 0.0228. The minimum atomic E-state index is -0.548. The molecule has 1 amide bonds. The number of piperazine rings is 1. The highest BCUT2D eigenvalue weighted by atomic mass is 19.1. The van der Waals surface area contributed by atoms with Gasteiger partial charge in [-0.3, -0.25) is 4.79 Å². The maximum absolute atomic E-state index is 13.5. The first-order valence-electron chi connectivity index (χ1n) is 5.40. The molecule has 1 aliphatic rings. The number of carbonyl (C=O) groups is 1. The normalized spacial score (nSPS) is 19.8. The molecule has 1 aliphatic heterocycles. The van der Waals surface area contributed by atoms with E-state index in [0.29, 0.717) is 19.6 Å². The van der Waals surface area contributed by atoms with E-state index in [0.717, 1.165) is 0 Å². The van der Waals surface area contributed by atoms with E-state index in [1.54, 1.807) is 6.07 Å². The average molecular weight is 233 g/mol. The predicted octanol–water partition coefficient (Wildman–Crippen LogP) is 0.763. The van der Waals surface area contributed by atoms with Crippen molar-refractivity contribution in [2.75, 3.05) is 19.6 Å². The number of nitriles is 1. The van der Waals surface area contributed by atoms with Crippen LogP contribution in [-0.2, 0) is 0 Å². The number of hydrogen-bond acceptors (Lipinski definition) is 3. The van der Waals surface area contributed by atoms with E-state index in [1.165, 1.54) is 23.1 Å². The van der Waals surface area contributed by atoms with Gasteiger partial charge in [0.2, 0.25) is 0 Å². The summed E-state index contributed by atoms with van der Waals surface area (Å²) in [7, 11) is 0. The van der Waals surface area contributed by atoms with E-state index in [2.05, 4.69) is 5.32 Å². The van der Waals surface area contributed by atoms with Gasteiger partial charge in [0.05, 0.1) is 11.6 Å². The lowest BCUT2D eigenvalue weighted by Crippen LogP contribution is -2.53. The monoisotopic (exact) mass is 233 g/mol. The predicted molar refractivity (Wildman–Crippen MR) is 59.7 cm³/mol. The molecule has 4 nitrogen and oxygen atoms in total. The maximum atomic E-state index is 13.5. The van der Waals surface area contributed by atoms with Crippen LogP contribution in [0.1, 0.15) is 10.4 Å². The van der Waals surface area contributed by atoms with Gasteiger partial charge < -0.3 is 10.2 Å². The Morgan fingerprint density at radius 2 is 2.29 bits per heavy atom. The zero-order chi connectivity index (χ0) is 12.3. The Morgan fingerprint density at radius 1 is 1.53 bits per heavy atom. The van der Waals surface area contributed by atoms with Crippen molar-refractivity contribution < 1.29 is 9.18 Å². The summed E-state index contributed by atoms with van der Waals surface area (Å²) in [6.45, 7) is 1.47. The van der Waals surface area contributed by atoms with Crippen LogP contribution in [0.5, 0.6) is 0 Å². The van der Waals surface area contributed by atoms with Gasteiger partial charge in [-0.05, 0) is 12.1 Å². The molecule has 0 aliphatic carbocycles. The van der Waals surface area contributed by atoms with Crippen LogP contribution in [0.4, 0.5) is 4.39 Å². The van der Waals surface area contributed by atoms with Crippen molar-refractivity contribution in [1.82, 2.24) is 10.2 Å². The molecule has 1 heterocycles. The van der Waals surface area contributed by atoms with E-state index in [1.807, 2.05) is 6.07 Å². The van der Waals surface area contributed by atoms with Crippen molar-refractivity contribution in [3.05, 3.63) is 35.6 Å². The van der Waals surface area contributed by atoms with E-state index < -0.39 is 17.8 Å². The number of rotatable bonds is 1. The molecule has 1 saturated heterocycles. The number of amides is 1. The van der Waals surface area contributed by atoms with Crippen molar-refractivity contribution in [2.24, 2.45) is 0 Å². The Balaban J connectivity index is 2.25. The molecule has 1 fully saturated rings. The molecule has 0 spiro atoms. The van der Waals surface area contributed by atoms with Gasteiger partial charge in [0.1, 0.15) is 11.9 Å². The van der Waals surface area contributed by atoms with Crippen molar-refractivity contribution in [2.45, 2.75) is 6.04 Å². The Labute approximate surface area is 98.6 Å². The lowest BCUT2D eigenvalue weighted by molar-refractivity contribution is 0.0682. The number of nitrogens with one attached hydrogen (secondary N) is 1. The van der Waals surface area contributed by atoms with Gasteiger partial charge in [0, 0.05) is 19.6 Å². The molecule has 0 aromatic heterocycles. The summed E-state index contributed by atoms with van der Waals surface area (Å²) in [5.74, 6) is -0.969. The van der Waals surface area contributed by atoms with Gasteiger partial charge in [0.25, 0.3) is 5.91 Å². The van der Waals surface area contributed by atoms with Crippen LogP contribution < -0.4 is 5.32 Å². The average Bonchev–Trinajstić information content (AvgIpc) is 2.38. The second kappa shape index (κ2) is 4.93. The molecule has 1 atom stereocenters. The summed E-state index contributed by atoms with van der Waals surface area (Å²) in [5.41, 5.74) is 0.0228. The van der Waals surface area contributed by atoms with Gasteiger partial charge in [0.15, 0.2) is 0 Å². The molecule has 2 rings (SSSR count). The fraction of sp³-hybridized carbons (Fsp3) is 0.333. The van der Waals surface area contributed by atoms with Crippen molar-refractivity contribution in [3.8, 4) is 6.07 Å². The molecule has 1 aromatic carbocycles. The highest BCUT2D eigenvalue weighted by Gasteiger charge is 2.28. The molecule has 88 valence electrons. The van der Waals surface area contributed by atoms with Crippen molar-refractivity contribution in [3.63, 3.8) is 0 Å². The molecule has 1 N–H and O–H groups in total. The Hall–Kier alpha value is -1.93. The summed E-state index contributed by atoms with van der Waals surface area (Å²) in [6, 6.07) is 7.34. The van der Waals surface area contributed by atoms with Gasteiger partial charge in [-0.15, -0.1) is 0 Å². The fourth-order valence-corrected chi connectivity index (χ4v) is 1.85. The van der Waals surface area contributed by atoms with Gasteiger partial charge in [-0.1, -0.05) is 12.1 Å². The highest BCUT2D eigenvalue weighted by molar-refractivity contribution is 5.95. The molecular weight excluding hydrogens is 221 g/mol. The van der Waals surface area contributed by atoms with Gasteiger partial charge in [-0.2, -0.15) is 5.26 Å².